The lowest BCUT2D eigenvalue weighted by Crippen LogP contribution is -2.36. The van der Waals surface area contributed by atoms with Crippen molar-refractivity contribution >= 4 is 22.1 Å². The van der Waals surface area contributed by atoms with E-state index in [0.717, 1.165) is 26.3 Å². The van der Waals surface area contributed by atoms with Gasteiger partial charge in [0.25, 0.3) is 0 Å². The Kier molecular flexibility index (Phi) is 3.30. The molecule has 1 aliphatic rings. The quantitative estimate of drug-likeness (QED) is 0.821. The van der Waals surface area contributed by atoms with E-state index in [0.29, 0.717) is 0 Å². The van der Waals surface area contributed by atoms with Gasteiger partial charge in [0, 0.05) is 43.9 Å². The number of morpholine rings is 1. The fourth-order valence-corrected chi connectivity index (χ4v) is 2.74. The maximum atomic E-state index is 5.46. The topological polar surface area (TPSA) is 15.7 Å². The number of benzene rings is 2. The average molecular weight is 256 g/mol. The third-order valence-electron chi connectivity index (χ3n) is 3.69. The summed E-state index contributed by atoms with van der Waals surface area (Å²) in [5, 5.41) is 2.65. The Bertz CT molecular complexity index is 569. The predicted molar refractivity (Wildman–Crippen MR) is 81.3 cm³/mol. The van der Waals surface area contributed by atoms with Crippen molar-refractivity contribution < 1.29 is 4.74 Å². The smallest absolute Gasteiger partial charge is 0.0642 e. The van der Waals surface area contributed by atoms with Crippen LogP contribution in [0.15, 0.2) is 36.4 Å². The molecule has 0 aliphatic carbocycles. The lowest BCUT2D eigenvalue weighted by molar-refractivity contribution is 0.123. The van der Waals surface area contributed by atoms with Crippen LogP contribution >= 0.6 is 0 Å². The molecule has 3 rings (SSSR count). The molecule has 0 unspecified atom stereocenters. The molecule has 0 aromatic heterocycles. The summed E-state index contributed by atoms with van der Waals surface area (Å²) in [7, 11) is 4.20. The van der Waals surface area contributed by atoms with Crippen LogP contribution < -0.4 is 9.80 Å². The second-order valence-corrected chi connectivity index (χ2v) is 5.15. The van der Waals surface area contributed by atoms with Gasteiger partial charge in [0.1, 0.15) is 0 Å². The van der Waals surface area contributed by atoms with Crippen LogP contribution in [0.5, 0.6) is 0 Å². The minimum atomic E-state index is 0.820. The van der Waals surface area contributed by atoms with E-state index in [1.807, 2.05) is 0 Å². The number of anilines is 2. The normalized spacial score (nSPS) is 15.8. The molecule has 3 heteroatoms. The Balaban J connectivity index is 2.17. The second kappa shape index (κ2) is 5.10. The second-order valence-electron chi connectivity index (χ2n) is 5.15. The van der Waals surface area contributed by atoms with Gasteiger partial charge in [-0.15, -0.1) is 0 Å². The fraction of sp³-hybridized carbons (Fsp3) is 0.375. The molecule has 1 fully saturated rings. The maximum absolute atomic E-state index is 5.46. The summed E-state index contributed by atoms with van der Waals surface area (Å²) in [6.45, 7) is 3.59. The monoisotopic (exact) mass is 256 g/mol. The van der Waals surface area contributed by atoms with Gasteiger partial charge in [-0.1, -0.05) is 24.3 Å². The van der Waals surface area contributed by atoms with E-state index in [9.17, 15) is 0 Å². The highest BCUT2D eigenvalue weighted by molar-refractivity contribution is 6.03. The van der Waals surface area contributed by atoms with E-state index < -0.39 is 0 Å². The van der Waals surface area contributed by atoms with E-state index in [4.69, 9.17) is 4.74 Å². The van der Waals surface area contributed by atoms with Crippen LogP contribution in [-0.4, -0.2) is 40.4 Å². The molecule has 1 aliphatic heterocycles. The molecule has 0 saturated carbocycles. The van der Waals surface area contributed by atoms with Crippen LogP contribution in [0.1, 0.15) is 0 Å². The predicted octanol–water partition coefficient (Wildman–Crippen LogP) is 2.74. The number of hydrogen-bond acceptors (Lipinski definition) is 3. The van der Waals surface area contributed by atoms with E-state index in [1.54, 1.807) is 0 Å². The van der Waals surface area contributed by atoms with Crippen molar-refractivity contribution in [2.45, 2.75) is 0 Å². The van der Waals surface area contributed by atoms with Gasteiger partial charge >= 0.3 is 0 Å². The highest BCUT2D eigenvalue weighted by Crippen LogP contribution is 2.34. The first-order valence-corrected chi connectivity index (χ1v) is 6.79. The van der Waals surface area contributed by atoms with E-state index in [-0.39, 0.29) is 0 Å². The lowest BCUT2D eigenvalue weighted by atomic mass is 10.0. The van der Waals surface area contributed by atoms with E-state index in [2.05, 4.69) is 60.3 Å². The lowest BCUT2D eigenvalue weighted by Gasteiger charge is -2.31. The number of fused-ring (bicyclic) bond motifs is 1. The van der Waals surface area contributed by atoms with Gasteiger partial charge in [-0.2, -0.15) is 0 Å². The molecular formula is C16H20N2O. The molecule has 0 radical (unpaired) electrons. The van der Waals surface area contributed by atoms with Gasteiger partial charge in [-0.3, -0.25) is 0 Å². The van der Waals surface area contributed by atoms with Crippen LogP contribution in [0.4, 0.5) is 11.4 Å². The summed E-state index contributed by atoms with van der Waals surface area (Å²) < 4.78 is 5.46. The molecule has 19 heavy (non-hydrogen) atoms. The molecule has 0 N–H and O–H groups in total. The standard InChI is InChI=1S/C16H20N2O/c1-17(2)14-7-3-5-13-6-4-8-15(16(13)14)18-9-11-19-12-10-18/h3-8H,9-12H2,1-2H3. The molecule has 100 valence electrons. The van der Waals surface area contributed by atoms with Gasteiger partial charge in [0.05, 0.1) is 13.2 Å². The minimum Gasteiger partial charge on any atom is -0.378 e. The largest absolute Gasteiger partial charge is 0.378 e. The van der Waals surface area contributed by atoms with Crippen LogP contribution in [0.2, 0.25) is 0 Å². The summed E-state index contributed by atoms with van der Waals surface area (Å²) in [4.78, 5) is 4.62. The first-order valence-electron chi connectivity index (χ1n) is 6.79. The molecular weight excluding hydrogens is 236 g/mol. The molecule has 1 heterocycles. The van der Waals surface area contributed by atoms with Crippen LogP contribution in [0, 0.1) is 0 Å². The number of hydrogen-bond donors (Lipinski definition) is 0. The Morgan fingerprint density at radius 3 is 2.37 bits per heavy atom. The Morgan fingerprint density at radius 1 is 1.00 bits per heavy atom. The van der Waals surface area contributed by atoms with Gasteiger partial charge in [-0.05, 0) is 17.5 Å². The van der Waals surface area contributed by atoms with E-state index in [1.165, 1.54) is 22.1 Å². The SMILES string of the molecule is CN(C)c1cccc2cccc(N3CCOCC3)c12. The van der Waals surface area contributed by atoms with Gasteiger partial charge in [0.2, 0.25) is 0 Å². The van der Waals surface area contributed by atoms with Crippen molar-refractivity contribution in [3.05, 3.63) is 36.4 Å². The average Bonchev–Trinajstić information content (AvgIpc) is 2.46. The van der Waals surface area contributed by atoms with Crippen molar-refractivity contribution in [2.75, 3.05) is 50.2 Å². The number of ether oxygens (including phenoxy) is 1. The first-order chi connectivity index (χ1) is 9.27. The Labute approximate surface area is 114 Å². The summed E-state index contributed by atoms with van der Waals surface area (Å²) in [5.74, 6) is 0. The van der Waals surface area contributed by atoms with Crippen molar-refractivity contribution in [1.29, 1.82) is 0 Å². The summed E-state index contributed by atoms with van der Waals surface area (Å²) in [6.07, 6.45) is 0. The molecule has 1 saturated heterocycles. The minimum absolute atomic E-state index is 0.820. The van der Waals surface area contributed by atoms with Crippen LogP contribution in [0.25, 0.3) is 10.8 Å². The highest BCUT2D eigenvalue weighted by Gasteiger charge is 2.16. The van der Waals surface area contributed by atoms with Gasteiger partial charge < -0.3 is 14.5 Å². The zero-order chi connectivity index (χ0) is 13.2. The van der Waals surface area contributed by atoms with Crippen molar-refractivity contribution in [3.8, 4) is 0 Å². The third-order valence-corrected chi connectivity index (χ3v) is 3.69. The molecule has 0 amide bonds. The third kappa shape index (κ3) is 2.26. The summed E-state index contributed by atoms with van der Waals surface area (Å²) in [5.41, 5.74) is 2.60. The van der Waals surface area contributed by atoms with Crippen molar-refractivity contribution in [2.24, 2.45) is 0 Å². The van der Waals surface area contributed by atoms with Crippen molar-refractivity contribution in [3.63, 3.8) is 0 Å². The summed E-state index contributed by atoms with van der Waals surface area (Å²) >= 11 is 0. The molecule has 3 nitrogen and oxygen atoms in total. The zero-order valence-corrected chi connectivity index (χ0v) is 11.6. The highest BCUT2D eigenvalue weighted by atomic mass is 16.5. The molecule has 0 bridgehead atoms. The molecule has 2 aromatic carbocycles. The fourth-order valence-electron chi connectivity index (χ4n) is 2.74. The zero-order valence-electron chi connectivity index (χ0n) is 11.6. The summed E-state index contributed by atoms with van der Waals surface area (Å²) in [6, 6.07) is 13.1. The Hall–Kier alpha value is -1.74. The number of nitrogens with zero attached hydrogens (tertiary/aromatic N) is 2. The Morgan fingerprint density at radius 2 is 1.68 bits per heavy atom. The van der Waals surface area contributed by atoms with Crippen molar-refractivity contribution in [1.82, 2.24) is 0 Å². The number of rotatable bonds is 2. The van der Waals surface area contributed by atoms with Crippen LogP contribution in [-0.2, 0) is 4.74 Å². The van der Waals surface area contributed by atoms with Gasteiger partial charge in [-0.25, -0.2) is 0 Å². The molecule has 2 aromatic rings. The first kappa shape index (κ1) is 12.3. The molecule has 0 spiro atoms. The van der Waals surface area contributed by atoms with Crippen LogP contribution in [0.3, 0.4) is 0 Å². The van der Waals surface area contributed by atoms with Gasteiger partial charge in [0.15, 0.2) is 0 Å². The maximum Gasteiger partial charge on any atom is 0.0642 e. The van der Waals surface area contributed by atoms with E-state index >= 15 is 0 Å². The molecule has 0 atom stereocenters.